The number of benzene rings is 1. The molecule has 0 unspecified atom stereocenters. The molecule has 0 fully saturated rings. The summed E-state index contributed by atoms with van der Waals surface area (Å²) in [5, 5.41) is 10.5. The molecule has 0 saturated heterocycles. The number of carbonyl (C=O) groups is 2. The number of carboxylic acids is 1. The van der Waals surface area contributed by atoms with Gasteiger partial charge in [-0.2, -0.15) is 0 Å². The monoisotopic (exact) mass is 243 g/mol. The number of primary amides is 1. The third-order valence-electron chi connectivity index (χ3n) is 3.02. The zero-order valence-electron chi connectivity index (χ0n) is 9.25. The van der Waals surface area contributed by atoms with Gasteiger partial charge in [-0.25, -0.2) is 14.6 Å². The zero-order chi connectivity index (χ0) is 12.9. The van der Waals surface area contributed by atoms with Gasteiger partial charge in [0, 0.05) is 17.0 Å². The highest BCUT2D eigenvalue weighted by molar-refractivity contribution is 6.49. The first-order valence-electron chi connectivity index (χ1n) is 5.32. The summed E-state index contributed by atoms with van der Waals surface area (Å²) in [5.41, 5.74) is 6.57. The molecule has 3 rings (SSSR count). The average molecular weight is 243 g/mol. The van der Waals surface area contributed by atoms with E-state index < -0.39 is 12.0 Å². The molecule has 1 aromatic carbocycles. The van der Waals surface area contributed by atoms with Gasteiger partial charge in [0.05, 0.1) is 11.4 Å². The number of rotatable bonds is 1. The first-order chi connectivity index (χ1) is 8.58. The molecular weight excluding hydrogens is 234 g/mol. The van der Waals surface area contributed by atoms with Gasteiger partial charge in [0.2, 0.25) is 0 Å². The molecule has 18 heavy (non-hydrogen) atoms. The van der Waals surface area contributed by atoms with E-state index in [0.717, 1.165) is 10.4 Å². The van der Waals surface area contributed by atoms with E-state index in [1.807, 2.05) is 6.08 Å². The van der Waals surface area contributed by atoms with Crippen LogP contribution in [-0.4, -0.2) is 29.4 Å². The van der Waals surface area contributed by atoms with Gasteiger partial charge in [0.15, 0.2) is 0 Å². The number of hydrogen-bond acceptors (Lipinski definition) is 3. The Bertz CT molecular complexity index is 734. The fraction of sp³-hybridized carbons (Fsp3) is 0.0833. The maximum absolute atomic E-state index is 11.2. The average Bonchev–Trinajstić information content (AvgIpc) is 2.91. The highest BCUT2D eigenvalue weighted by atomic mass is 16.4. The second kappa shape index (κ2) is 3.43. The van der Waals surface area contributed by atoms with E-state index in [1.54, 1.807) is 12.1 Å². The van der Waals surface area contributed by atoms with Crippen molar-refractivity contribution in [2.75, 3.05) is 11.4 Å². The van der Waals surface area contributed by atoms with Crippen molar-refractivity contribution in [3.05, 3.63) is 22.6 Å². The van der Waals surface area contributed by atoms with Gasteiger partial charge in [-0.15, -0.1) is 0 Å². The summed E-state index contributed by atoms with van der Waals surface area (Å²) in [6, 6.07) is 2.89. The lowest BCUT2D eigenvalue weighted by atomic mass is 10.2. The minimum Gasteiger partial charge on any atom is -0.477 e. The summed E-state index contributed by atoms with van der Waals surface area (Å²) in [5.74, 6) is -1.07. The molecule has 0 aliphatic carbocycles. The third kappa shape index (κ3) is 1.32. The molecule has 2 aliphatic heterocycles. The molecule has 0 radical (unpaired) electrons. The Balaban J connectivity index is 2.22. The minimum absolute atomic E-state index is 0.00400. The zero-order valence-corrected chi connectivity index (χ0v) is 9.25. The van der Waals surface area contributed by atoms with Crippen LogP contribution in [0.25, 0.3) is 12.2 Å². The van der Waals surface area contributed by atoms with Crippen LogP contribution in [0.1, 0.15) is 0 Å². The second-order valence-corrected chi connectivity index (χ2v) is 4.03. The Kier molecular flexibility index (Phi) is 2.00. The fourth-order valence-corrected chi connectivity index (χ4v) is 2.21. The maximum atomic E-state index is 11.2. The molecule has 1 aromatic rings. The van der Waals surface area contributed by atoms with Crippen LogP contribution in [-0.2, 0) is 4.79 Å². The number of aliphatic carboxylic acids is 1. The van der Waals surface area contributed by atoms with Gasteiger partial charge in [-0.05, 0) is 18.2 Å². The summed E-state index contributed by atoms with van der Waals surface area (Å²) in [6.45, 7) is 0.400. The van der Waals surface area contributed by atoms with E-state index in [0.29, 0.717) is 17.9 Å². The van der Waals surface area contributed by atoms with Crippen LogP contribution in [0.3, 0.4) is 0 Å². The highest BCUT2D eigenvalue weighted by Crippen LogP contribution is 2.17. The molecule has 0 bridgehead atoms. The lowest BCUT2D eigenvalue weighted by Gasteiger charge is -2.13. The molecule has 3 N–H and O–H groups in total. The quantitative estimate of drug-likeness (QED) is 0.683. The van der Waals surface area contributed by atoms with E-state index in [-0.39, 0.29) is 5.71 Å². The van der Waals surface area contributed by atoms with Crippen LogP contribution in [0.4, 0.5) is 16.2 Å². The predicted octanol–water partition coefficient (Wildman–Crippen LogP) is -0.683. The number of carboxylic acid groups (broad SMARTS) is 1. The lowest BCUT2D eigenvalue weighted by Crippen LogP contribution is -2.36. The van der Waals surface area contributed by atoms with Gasteiger partial charge < -0.3 is 10.8 Å². The van der Waals surface area contributed by atoms with Crippen LogP contribution in [0, 0.1) is 0 Å². The Morgan fingerprint density at radius 1 is 1.33 bits per heavy atom. The van der Waals surface area contributed by atoms with Crippen LogP contribution in [0.5, 0.6) is 0 Å². The Morgan fingerprint density at radius 3 is 2.78 bits per heavy atom. The molecule has 0 aromatic heterocycles. The standard InChI is InChI=1S/C12H9N3O3/c13-12(18)15-4-3-6-7-5-9(11(16)17)14-8(7)1-2-10(6)15/h1-3,5H,4H2,(H2,13,18)(H,16,17). The van der Waals surface area contributed by atoms with Crippen molar-refractivity contribution in [2.45, 2.75) is 0 Å². The molecular formula is C12H9N3O3. The number of hydrogen-bond donors (Lipinski definition) is 2. The lowest BCUT2D eigenvalue weighted by molar-refractivity contribution is -0.129. The van der Waals surface area contributed by atoms with Gasteiger partial charge in [0.1, 0.15) is 5.71 Å². The molecule has 2 amide bonds. The molecule has 0 saturated carbocycles. The SMILES string of the molecule is NC(=O)N1CC=c2c1ccc1c2=CC(C(=O)O)=N1. The molecule has 0 spiro atoms. The summed E-state index contributed by atoms with van der Waals surface area (Å²) in [6.07, 6.45) is 3.35. The van der Waals surface area contributed by atoms with Crippen molar-refractivity contribution in [1.29, 1.82) is 0 Å². The molecule has 0 atom stereocenters. The first-order valence-corrected chi connectivity index (χ1v) is 5.32. The summed E-state index contributed by atoms with van der Waals surface area (Å²) in [4.78, 5) is 27.6. The van der Waals surface area contributed by atoms with E-state index in [1.165, 1.54) is 11.0 Å². The molecule has 6 heteroatoms. The van der Waals surface area contributed by atoms with Crippen molar-refractivity contribution in [3.63, 3.8) is 0 Å². The molecule has 6 nitrogen and oxygen atoms in total. The van der Waals surface area contributed by atoms with E-state index in [4.69, 9.17) is 10.8 Å². The Hall–Kier alpha value is -2.63. The van der Waals surface area contributed by atoms with Crippen LogP contribution < -0.4 is 21.1 Å². The number of urea groups is 1. The van der Waals surface area contributed by atoms with Crippen LogP contribution >= 0.6 is 0 Å². The number of amides is 2. The molecule has 90 valence electrons. The normalized spacial score (nSPS) is 15.3. The van der Waals surface area contributed by atoms with Crippen LogP contribution in [0.2, 0.25) is 0 Å². The summed E-state index contributed by atoms with van der Waals surface area (Å²) >= 11 is 0. The van der Waals surface area contributed by atoms with Gasteiger partial charge in [-0.1, -0.05) is 6.08 Å². The largest absolute Gasteiger partial charge is 0.477 e. The fourth-order valence-electron chi connectivity index (χ4n) is 2.21. The molecule has 2 aliphatic rings. The smallest absolute Gasteiger partial charge is 0.354 e. The Labute approximate surface area is 101 Å². The predicted molar refractivity (Wildman–Crippen MR) is 66.3 cm³/mol. The van der Waals surface area contributed by atoms with Crippen molar-refractivity contribution >= 4 is 41.2 Å². The van der Waals surface area contributed by atoms with Gasteiger partial charge in [0.25, 0.3) is 0 Å². The van der Waals surface area contributed by atoms with E-state index in [2.05, 4.69) is 4.99 Å². The van der Waals surface area contributed by atoms with Gasteiger partial charge >= 0.3 is 12.0 Å². The number of anilines is 1. The maximum Gasteiger partial charge on any atom is 0.354 e. The minimum atomic E-state index is -1.07. The first kappa shape index (κ1) is 10.5. The Morgan fingerprint density at radius 2 is 2.11 bits per heavy atom. The number of nitrogens with zero attached hydrogens (tertiary/aromatic N) is 2. The van der Waals surface area contributed by atoms with Crippen molar-refractivity contribution in [3.8, 4) is 0 Å². The third-order valence-corrected chi connectivity index (χ3v) is 3.02. The summed E-state index contributed by atoms with van der Waals surface area (Å²) in [7, 11) is 0. The second-order valence-electron chi connectivity index (χ2n) is 4.03. The highest BCUT2D eigenvalue weighted by Gasteiger charge is 2.21. The topological polar surface area (TPSA) is 96.0 Å². The van der Waals surface area contributed by atoms with Crippen molar-refractivity contribution < 1.29 is 14.7 Å². The number of carbonyl (C=O) groups excluding carboxylic acids is 1. The molecule has 2 heterocycles. The number of fused-ring (bicyclic) bond motifs is 3. The summed E-state index contributed by atoms with van der Waals surface area (Å²) < 4.78 is 0. The van der Waals surface area contributed by atoms with Crippen molar-refractivity contribution in [1.82, 2.24) is 0 Å². The van der Waals surface area contributed by atoms with Gasteiger partial charge in [-0.3, -0.25) is 4.90 Å². The number of nitrogens with two attached hydrogens (primary N) is 1. The van der Waals surface area contributed by atoms with Crippen LogP contribution in [0.15, 0.2) is 17.1 Å². The van der Waals surface area contributed by atoms with E-state index >= 15 is 0 Å². The van der Waals surface area contributed by atoms with E-state index in [9.17, 15) is 9.59 Å². The van der Waals surface area contributed by atoms with Crippen molar-refractivity contribution in [2.24, 2.45) is 10.7 Å². The number of aliphatic imine (C=N–C) groups is 1.